The van der Waals surface area contributed by atoms with Crippen molar-refractivity contribution in [2.45, 2.75) is 13.3 Å². The van der Waals surface area contributed by atoms with Gasteiger partial charge in [0.05, 0.1) is 12.3 Å². The number of rotatable bonds is 3. The molecule has 0 heterocycles. The van der Waals surface area contributed by atoms with E-state index in [1.54, 1.807) is 6.92 Å². The van der Waals surface area contributed by atoms with Crippen molar-refractivity contribution in [2.75, 3.05) is 12.3 Å². The van der Waals surface area contributed by atoms with Gasteiger partial charge in [-0.15, -0.1) is 0 Å². The minimum absolute atomic E-state index is 0.118. The molecule has 0 unspecified atom stereocenters. The standard InChI is InChI=1S/C10H11F2NO2/c1-2-5-15-10(14)8-6(11)3-4-7(13)9(8)12/h3-4H,2,5,13H2,1H3. The van der Waals surface area contributed by atoms with Crippen molar-refractivity contribution >= 4 is 11.7 Å². The Kier molecular flexibility index (Phi) is 3.60. The average molecular weight is 215 g/mol. The number of hydrogen-bond donors (Lipinski definition) is 1. The fourth-order valence-electron chi connectivity index (χ4n) is 1.02. The third-order valence-electron chi connectivity index (χ3n) is 1.76. The first-order valence-electron chi connectivity index (χ1n) is 4.48. The molecule has 0 aliphatic heterocycles. The second kappa shape index (κ2) is 4.72. The quantitative estimate of drug-likeness (QED) is 0.620. The number of halogens is 2. The molecule has 0 aliphatic rings. The molecule has 5 heteroatoms. The van der Waals surface area contributed by atoms with Gasteiger partial charge in [0.1, 0.15) is 11.4 Å². The summed E-state index contributed by atoms with van der Waals surface area (Å²) in [5.41, 5.74) is 4.20. The van der Waals surface area contributed by atoms with Gasteiger partial charge >= 0.3 is 5.97 Å². The Morgan fingerprint density at radius 1 is 1.47 bits per heavy atom. The minimum Gasteiger partial charge on any atom is -0.462 e. The fourth-order valence-corrected chi connectivity index (χ4v) is 1.02. The lowest BCUT2D eigenvalue weighted by Crippen LogP contribution is -2.12. The molecule has 0 bridgehead atoms. The zero-order chi connectivity index (χ0) is 11.4. The van der Waals surface area contributed by atoms with E-state index in [1.807, 2.05) is 0 Å². The number of nitrogen functional groups attached to an aromatic ring is 1. The van der Waals surface area contributed by atoms with Gasteiger partial charge in [0.2, 0.25) is 0 Å². The van der Waals surface area contributed by atoms with Gasteiger partial charge in [-0.1, -0.05) is 6.92 Å². The molecule has 0 fully saturated rings. The Morgan fingerprint density at radius 3 is 2.73 bits per heavy atom. The summed E-state index contributed by atoms with van der Waals surface area (Å²) < 4.78 is 31.0. The monoisotopic (exact) mass is 215 g/mol. The van der Waals surface area contributed by atoms with E-state index >= 15 is 0 Å². The van der Waals surface area contributed by atoms with E-state index in [0.29, 0.717) is 6.42 Å². The van der Waals surface area contributed by atoms with E-state index in [0.717, 1.165) is 12.1 Å². The molecular formula is C10H11F2NO2. The van der Waals surface area contributed by atoms with Crippen LogP contribution in [-0.4, -0.2) is 12.6 Å². The number of nitrogens with two attached hydrogens (primary N) is 1. The summed E-state index contributed by atoms with van der Waals surface area (Å²) in [5, 5.41) is 0. The Bertz CT molecular complexity index is 380. The molecule has 0 amide bonds. The van der Waals surface area contributed by atoms with Crippen LogP contribution in [0.1, 0.15) is 23.7 Å². The summed E-state index contributed by atoms with van der Waals surface area (Å²) >= 11 is 0. The van der Waals surface area contributed by atoms with Gasteiger partial charge < -0.3 is 10.5 Å². The molecule has 0 aromatic heterocycles. The molecule has 2 N–H and O–H groups in total. The van der Waals surface area contributed by atoms with Gasteiger partial charge in [-0.25, -0.2) is 13.6 Å². The molecule has 1 aromatic carbocycles. The van der Waals surface area contributed by atoms with E-state index in [9.17, 15) is 13.6 Å². The molecule has 0 aliphatic carbocycles. The number of esters is 1. The van der Waals surface area contributed by atoms with Crippen LogP contribution in [0, 0.1) is 11.6 Å². The topological polar surface area (TPSA) is 52.3 Å². The highest BCUT2D eigenvalue weighted by atomic mass is 19.1. The molecule has 15 heavy (non-hydrogen) atoms. The van der Waals surface area contributed by atoms with Gasteiger partial charge in [0, 0.05) is 0 Å². The SMILES string of the molecule is CCCOC(=O)c1c(F)ccc(N)c1F. The highest BCUT2D eigenvalue weighted by Crippen LogP contribution is 2.19. The minimum atomic E-state index is -1.07. The summed E-state index contributed by atoms with van der Waals surface area (Å²) in [5.74, 6) is -3.07. The van der Waals surface area contributed by atoms with Crippen molar-refractivity contribution in [1.29, 1.82) is 0 Å². The van der Waals surface area contributed by atoms with E-state index < -0.39 is 23.2 Å². The molecule has 0 radical (unpaired) electrons. The molecular weight excluding hydrogens is 204 g/mol. The Labute approximate surface area is 85.8 Å². The van der Waals surface area contributed by atoms with Crippen LogP contribution in [0.2, 0.25) is 0 Å². The van der Waals surface area contributed by atoms with Crippen LogP contribution >= 0.6 is 0 Å². The first-order valence-corrected chi connectivity index (χ1v) is 4.48. The van der Waals surface area contributed by atoms with Crippen LogP contribution in [0.5, 0.6) is 0 Å². The Balaban J connectivity index is 3.02. The number of ether oxygens (including phenoxy) is 1. The highest BCUT2D eigenvalue weighted by Gasteiger charge is 2.20. The van der Waals surface area contributed by atoms with Crippen LogP contribution in [0.3, 0.4) is 0 Å². The van der Waals surface area contributed by atoms with Crippen molar-refractivity contribution < 1.29 is 18.3 Å². The zero-order valence-electron chi connectivity index (χ0n) is 8.22. The summed E-state index contributed by atoms with van der Waals surface area (Å²) in [4.78, 5) is 11.2. The second-order valence-electron chi connectivity index (χ2n) is 2.96. The number of hydrogen-bond acceptors (Lipinski definition) is 3. The second-order valence-corrected chi connectivity index (χ2v) is 2.96. The first kappa shape index (κ1) is 11.4. The van der Waals surface area contributed by atoms with E-state index in [2.05, 4.69) is 4.74 Å². The summed E-state index contributed by atoms with van der Waals surface area (Å²) in [6.07, 6.45) is 0.581. The molecule has 3 nitrogen and oxygen atoms in total. The summed E-state index contributed by atoms with van der Waals surface area (Å²) in [7, 11) is 0. The van der Waals surface area contributed by atoms with E-state index in [4.69, 9.17) is 5.73 Å². The number of anilines is 1. The number of benzene rings is 1. The normalized spacial score (nSPS) is 10.1. The third-order valence-corrected chi connectivity index (χ3v) is 1.76. The van der Waals surface area contributed by atoms with Crippen molar-refractivity contribution in [3.63, 3.8) is 0 Å². The summed E-state index contributed by atoms with van der Waals surface area (Å²) in [6, 6.07) is 1.99. The van der Waals surface area contributed by atoms with Crippen LogP contribution < -0.4 is 5.73 Å². The van der Waals surface area contributed by atoms with Crippen LogP contribution in [-0.2, 0) is 4.74 Å². The van der Waals surface area contributed by atoms with Crippen LogP contribution in [0.25, 0.3) is 0 Å². The Hall–Kier alpha value is -1.65. The van der Waals surface area contributed by atoms with Crippen molar-refractivity contribution in [3.05, 3.63) is 29.3 Å². The smallest absolute Gasteiger partial charge is 0.344 e. The lowest BCUT2D eigenvalue weighted by molar-refractivity contribution is 0.0494. The van der Waals surface area contributed by atoms with Crippen molar-refractivity contribution in [1.82, 2.24) is 0 Å². The predicted octanol–water partition coefficient (Wildman–Crippen LogP) is 2.11. The van der Waals surface area contributed by atoms with Gasteiger partial charge in [0.15, 0.2) is 5.82 Å². The molecule has 0 saturated carbocycles. The lowest BCUT2D eigenvalue weighted by atomic mass is 10.1. The molecule has 0 spiro atoms. The fraction of sp³-hybridized carbons (Fsp3) is 0.300. The molecule has 1 aromatic rings. The predicted molar refractivity (Wildman–Crippen MR) is 51.3 cm³/mol. The Morgan fingerprint density at radius 2 is 2.13 bits per heavy atom. The van der Waals surface area contributed by atoms with Gasteiger partial charge in [0.25, 0.3) is 0 Å². The van der Waals surface area contributed by atoms with Crippen molar-refractivity contribution in [2.24, 2.45) is 0 Å². The third kappa shape index (κ3) is 2.43. The molecule has 0 atom stereocenters. The van der Waals surface area contributed by atoms with Crippen molar-refractivity contribution in [3.8, 4) is 0 Å². The summed E-state index contributed by atoms with van der Waals surface area (Å²) in [6.45, 7) is 1.89. The van der Waals surface area contributed by atoms with Gasteiger partial charge in [-0.2, -0.15) is 0 Å². The van der Waals surface area contributed by atoms with E-state index in [-0.39, 0.29) is 12.3 Å². The molecule has 0 saturated heterocycles. The first-order chi connectivity index (χ1) is 7.07. The van der Waals surface area contributed by atoms with Gasteiger partial charge in [-0.05, 0) is 18.6 Å². The maximum Gasteiger partial charge on any atom is 0.344 e. The van der Waals surface area contributed by atoms with Crippen LogP contribution in [0.15, 0.2) is 12.1 Å². The maximum atomic E-state index is 13.3. The number of carbonyl (C=O) groups excluding carboxylic acids is 1. The molecule has 1 rings (SSSR count). The van der Waals surface area contributed by atoms with Gasteiger partial charge in [-0.3, -0.25) is 0 Å². The molecule has 82 valence electrons. The van der Waals surface area contributed by atoms with Crippen LogP contribution in [0.4, 0.5) is 14.5 Å². The highest BCUT2D eigenvalue weighted by molar-refractivity contribution is 5.91. The van der Waals surface area contributed by atoms with E-state index in [1.165, 1.54) is 0 Å². The number of carbonyl (C=O) groups is 1. The largest absolute Gasteiger partial charge is 0.462 e. The zero-order valence-corrected chi connectivity index (χ0v) is 8.22. The average Bonchev–Trinajstić information content (AvgIpc) is 2.21. The lowest BCUT2D eigenvalue weighted by Gasteiger charge is -2.06. The maximum absolute atomic E-state index is 13.3.